The van der Waals surface area contributed by atoms with Crippen LogP contribution in [0.5, 0.6) is 0 Å². The van der Waals surface area contributed by atoms with Gasteiger partial charge in [-0.1, -0.05) is 12.1 Å². The van der Waals surface area contributed by atoms with Gasteiger partial charge in [0.15, 0.2) is 5.96 Å². The molecule has 0 radical (unpaired) electrons. The molecule has 1 amide bonds. The van der Waals surface area contributed by atoms with E-state index in [1.807, 2.05) is 13.8 Å². The topological polar surface area (TPSA) is 65.5 Å². The van der Waals surface area contributed by atoms with Crippen LogP contribution in [0.15, 0.2) is 29.3 Å². The van der Waals surface area contributed by atoms with Crippen molar-refractivity contribution in [3.8, 4) is 0 Å². The van der Waals surface area contributed by atoms with Gasteiger partial charge in [0.05, 0.1) is 18.7 Å². The fourth-order valence-corrected chi connectivity index (χ4v) is 1.78. The van der Waals surface area contributed by atoms with E-state index >= 15 is 0 Å². The lowest BCUT2D eigenvalue weighted by molar-refractivity contribution is -0.137. The fourth-order valence-electron chi connectivity index (χ4n) is 1.78. The number of benzene rings is 1. The number of hydrogen-bond acceptors (Lipinski definition) is 2. The Bertz CT molecular complexity index is 550. The van der Waals surface area contributed by atoms with Crippen LogP contribution in [0.2, 0.25) is 0 Å². The van der Waals surface area contributed by atoms with Crippen molar-refractivity contribution in [2.24, 2.45) is 4.99 Å². The van der Waals surface area contributed by atoms with Crippen LogP contribution in [0.25, 0.3) is 0 Å². The molecule has 0 aliphatic heterocycles. The molecule has 136 valence electrons. The summed E-state index contributed by atoms with van der Waals surface area (Å²) in [5, 5.41) is 8.39. The van der Waals surface area contributed by atoms with Crippen molar-refractivity contribution in [1.29, 1.82) is 0 Å². The van der Waals surface area contributed by atoms with E-state index in [0.717, 1.165) is 12.1 Å². The monoisotopic (exact) mass is 458 g/mol. The smallest absolute Gasteiger partial charge is 0.357 e. The van der Waals surface area contributed by atoms with Crippen molar-refractivity contribution in [3.05, 3.63) is 35.4 Å². The first-order valence-corrected chi connectivity index (χ1v) is 7.31. The molecule has 0 aliphatic carbocycles. The summed E-state index contributed by atoms with van der Waals surface area (Å²) >= 11 is 0. The first kappa shape index (κ1) is 22.5. The highest BCUT2D eigenvalue weighted by Gasteiger charge is 2.30. The number of alkyl halides is 3. The molecule has 0 unspecified atom stereocenters. The van der Waals surface area contributed by atoms with Gasteiger partial charge in [0.25, 0.3) is 0 Å². The maximum atomic E-state index is 12.7. The second kappa shape index (κ2) is 11.1. The molecule has 0 saturated heterocycles. The molecule has 0 aliphatic rings. The molecule has 0 saturated carbocycles. The Morgan fingerprint density at radius 1 is 1.12 bits per heavy atom. The molecular weight excluding hydrogens is 436 g/mol. The van der Waals surface area contributed by atoms with Gasteiger partial charge in [-0.2, -0.15) is 13.2 Å². The van der Waals surface area contributed by atoms with Crippen LogP contribution in [0.3, 0.4) is 0 Å². The zero-order chi connectivity index (χ0) is 17.3. The molecule has 24 heavy (non-hydrogen) atoms. The Morgan fingerprint density at radius 2 is 1.79 bits per heavy atom. The van der Waals surface area contributed by atoms with Crippen LogP contribution in [-0.4, -0.2) is 31.5 Å². The van der Waals surface area contributed by atoms with Gasteiger partial charge in [-0.05, 0) is 31.5 Å². The fraction of sp³-hybridized carbons (Fsp3) is 0.467. The van der Waals surface area contributed by atoms with Gasteiger partial charge in [0.2, 0.25) is 5.91 Å². The van der Waals surface area contributed by atoms with Gasteiger partial charge in [0.1, 0.15) is 0 Å². The molecule has 1 aromatic carbocycles. The Labute approximate surface area is 156 Å². The van der Waals surface area contributed by atoms with Crippen molar-refractivity contribution in [2.75, 3.05) is 19.6 Å². The number of hydrogen-bond donors (Lipinski definition) is 3. The van der Waals surface area contributed by atoms with Gasteiger partial charge in [-0.25, -0.2) is 4.99 Å². The predicted octanol–water partition coefficient (Wildman–Crippen LogP) is 2.51. The Hall–Kier alpha value is -1.52. The minimum atomic E-state index is -4.37. The molecule has 0 atom stereocenters. The lowest BCUT2D eigenvalue weighted by Crippen LogP contribution is -2.43. The number of amides is 1. The summed E-state index contributed by atoms with van der Waals surface area (Å²) in [5.41, 5.74) is -0.263. The number of likely N-dealkylation sites (N-methyl/N-ethyl adjacent to an activating group) is 1. The van der Waals surface area contributed by atoms with Crippen molar-refractivity contribution in [3.63, 3.8) is 0 Å². The van der Waals surface area contributed by atoms with Gasteiger partial charge < -0.3 is 16.0 Å². The van der Waals surface area contributed by atoms with Crippen molar-refractivity contribution >= 4 is 35.8 Å². The molecule has 0 spiro atoms. The van der Waals surface area contributed by atoms with Gasteiger partial charge in [-0.15, -0.1) is 24.0 Å². The summed E-state index contributed by atoms with van der Waals surface area (Å²) in [6.07, 6.45) is -4.37. The minimum absolute atomic E-state index is 0. The number of aliphatic imine (C=N–C) groups is 1. The molecule has 1 aromatic rings. The van der Waals surface area contributed by atoms with Crippen molar-refractivity contribution in [2.45, 2.75) is 26.6 Å². The summed E-state index contributed by atoms with van der Waals surface area (Å²) in [6.45, 7) is 4.89. The third-order valence-corrected chi connectivity index (χ3v) is 2.81. The van der Waals surface area contributed by atoms with E-state index in [-0.39, 0.29) is 43.0 Å². The van der Waals surface area contributed by atoms with E-state index in [4.69, 9.17) is 0 Å². The number of rotatable bonds is 6. The average molecular weight is 458 g/mol. The summed E-state index contributed by atoms with van der Waals surface area (Å²) in [4.78, 5) is 15.6. The van der Waals surface area contributed by atoms with E-state index in [1.165, 1.54) is 6.07 Å². The third kappa shape index (κ3) is 8.37. The van der Waals surface area contributed by atoms with E-state index in [0.29, 0.717) is 24.6 Å². The Kier molecular flexibility index (Phi) is 10.4. The molecule has 0 bridgehead atoms. The number of guanidine groups is 1. The van der Waals surface area contributed by atoms with Crippen LogP contribution >= 0.6 is 24.0 Å². The highest BCUT2D eigenvalue weighted by Crippen LogP contribution is 2.29. The minimum Gasteiger partial charge on any atom is -0.357 e. The van der Waals surface area contributed by atoms with Gasteiger partial charge >= 0.3 is 6.18 Å². The van der Waals surface area contributed by atoms with E-state index in [9.17, 15) is 18.0 Å². The molecule has 0 aromatic heterocycles. The summed E-state index contributed by atoms with van der Waals surface area (Å²) < 4.78 is 38.0. The quantitative estimate of drug-likeness (QED) is 0.349. The zero-order valence-electron chi connectivity index (χ0n) is 13.5. The second-order valence-electron chi connectivity index (χ2n) is 4.70. The summed E-state index contributed by atoms with van der Waals surface area (Å²) in [7, 11) is 0. The highest BCUT2D eigenvalue weighted by molar-refractivity contribution is 14.0. The SMILES string of the molecule is CCNC(=O)CNC(=NCc1cccc(C(F)(F)F)c1)NCC.I. The summed E-state index contributed by atoms with van der Waals surface area (Å²) in [5.74, 6) is 0.188. The third-order valence-electron chi connectivity index (χ3n) is 2.81. The van der Waals surface area contributed by atoms with E-state index in [2.05, 4.69) is 20.9 Å². The van der Waals surface area contributed by atoms with Gasteiger partial charge in [0, 0.05) is 13.1 Å². The van der Waals surface area contributed by atoms with Crippen molar-refractivity contribution < 1.29 is 18.0 Å². The van der Waals surface area contributed by atoms with Crippen molar-refractivity contribution in [1.82, 2.24) is 16.0 Å². The first-order valence-electron chi connectivity index (χ1n) is 7.31. The van der Waals surface area contributed by atoms with Crippen LogP contribution in [0, 0.1) is 0 Å². The molecule has 1 rings (SSSR count). The lowest BCUT2D eigenvalue weighted by Gasteiger charge is -2.11. The molecule has 0 fully saturated rings. The van der Waals surface area contributed by atoms with E-state index in [1.54, 1.807) is 6.07 Å². The van der Waals surface area contributed by atoms with Gasteiger partial charge in [-0.3, -0.25) is 4.79 Å². The first-order chi connectivity index (χ1) is 10.9. The average Bonchev–Trinajstić information content (AvgIpc) is 2.50. The molecule has 5 nitrogen and oxygen atoms in total. The lowest BCUT2D eigenvalue weighted by atomic mass is 10.1. The normalized spacial score (nSPS) is 11.5. The predicted molar refractivity (Wildman–Crippen MR) is 98.4 cm³/mol. The second-order valence-corrected chi connectivity index (χ2v) is 4.70. The largest absolute Gasteiger partial charge is 0.416 e. The number of nitrogens with zero attached hydrogens (tertiary/aromatic N) is 1. The molecule has 0 heterocycles. The Balaban J connectivity index is 0.00000529. The standard InChI is InChI=1S/C15H21F3N4O.HI/c1-3-19-13(23)10-22-14(20-4-2)21-9-11-6-5-7-12(8-11)15(16,17)18;/h5-8H,3-4,9-10H2,1-2H3,(H,19,23)(H2,20,21,22);1H. The van der Waals surface area contributed by atoms with Crippen LogP contribution < -0.4 is 16.0 Å². The number of nitrogens with one attached hydrogen (secondary N) is 3. The number of carbonyl (C=O) groups is 1. The zero-order valence-corrected chi connectivity index (χ0v) is 15.9. The van der Waals surface area contributed by atoms with E-state index < -0.39 is 11.7 Å². The highest BCUT2D eigenvalue weighted by atomic mass is 127. The molecular formula is C15H22F3IN4O. The Morgan fingerprint density at radius 3 is 2.38 bits per heavy atom. The molecule has 9 heteroatoms. The molecule has 3 N–H and O–H groups in total. The maximum absolute atomic E-state index is 12.7. The number of carbonyl (C=O) groups excluding carboxylic acids is 1. The summed E-state index contributed by atoms with van der Waals surface area (Å²) in [6, 6.07) is 5.01. The van der Waals surface area contributed by atoms with Crippen LogP contribution in [-0.2, 0) is 17.5 Å². The maximum Gasteiger partial charge on any atom is 0.416 e. The van der Waals surface area contributed by atoms with Crippen LogP contribution in [0.4, 0.5) is 13.2 Å². The number of halogens is 4. The van der Waals surface area contributed by atoms with Crippen LogP contribution in [0.1, 0.15) is 25.0 Å².